The van der Waals surface area contributed by atoms with Crippen LogP contribution in [0.15, 0.2) is 24.4 Å². The largest absolute Gasteiger partial charge is 0.361 e. The van der Waals surface area contributed by atoms with Crippen LogP contribution in [0.1, 0.15) is 43.2 Å². The first kappa shape index (κ1) is 11.8. The molecule has 0 unspecified atom stereocenters. The van der Waals surface area contributed by atoms with E-state index in [1.165, 1.54) is 54.1 Å². The van der Waals surface area contributed by atoms with Crippen molar-refractivity contribution in [2.45, 2.75) is 51.6 Å². The third kappa shape index (κ3) is 2.44. The van der Waals surface area contributed by atoms with Gasteiger partial charge >= 0.3 is 0 Å². The van der Waals surface area contributed by atoms with Gasteiger partial charge in [0, 0.05) is 29.7 Å². The molecule has 0 spiro atoms. The molecule has 1 aromatic carbocycles. The number of H-pyrrole nitrogens is 1. The molecule has 0 radical (unpaired) electrons. The number of hydrogen-bond acceptors (Lipinski definition) is 1. The van der Waals surface area contributed by atoms with E-state index in [2.05, 4.69) is 41.6 Å². The molecule has 3 rings (SSSR count). The van der Waals surface area contributed by atoms with Gasteiger partial charge in [-0.05, 0) is 37.5 Å². The Morgan fingerprint density at radius 1 is 1.22 bits per heavy atom. The van der Waals surface area contributed by atoms with Gasteiger partial charge in [0.05, 0.1) is 0 Å². The zero-order valence-electron chi connectivity index (χ0n) is 11.1. The summed E-state index contributed by atoms with van der Waals surface area (Å²) in [7, 11) is 0. The molecular weight excluding hydrogens is 220 g/mol. The highest BCUT2D eigenvalue weighted by atomic mass is 14.9. The summed E-state index contributed by atoms with van der Waals surface area (Å²) in [6.45, 7) is 3.15. The lowest BCUT2D eigenvalue weighted by Crippen LogP contribution is -2.30. The van der Waals surface area contributed by atoms with Crippen LogP contribution in [0.4, 0.5) is 0 Å². The lowest BCUT2D eigenvalue weighted by Gasteiger charge is -2.22. The summed E-state index contributed by atoms with van der Waals surface area (Å²) in [5.74, 6) is 0. The molecule has 1 aliphatic carbocycles. The quantitative estimate of drug-likeness (QED) is 0.839. The van der Waals surface area contributed by atoms with Crippen LogP contribution in [-0.4, -0.2) is 11.0 Å². The van der Waals surface area contributed by atoms with E-state index in [0.29, 0.717) is 0 Å². The lowest BCUT2D eigenvalue weighted by molar-refractivity contribution is 0.373. The number of rotatable bonds is 3. The second kappa shape index (κ2) is 5.15. The molecule has 1 heterocycles. The number of aromatic amines is 1. The van der Waals surface area contributed by atoms with E-state index in [-0.39, 0.29) is 0 Å². The molecule has 18 heavy (non-hydrogen) atoms. The SMILES string of the molecule is Cc1ccc2[nH]cc(CNC3CCCCC3)c2c1. The fourth-order valence-electron chi connectivity index (χ4n) is 3.00. The van der Waals surface area contributed by atoms with Gasteiger partial charge in [-0.3, -0.25) is 0 Å². The fourth-order valence-corrected chi connectivity index (χ4v) is 3.00. The van der Waals surface area contributed by atoms with Gasteiger partial charge in [-0.2, -0.15) is 0 Å². The van der Waals surface area contributed by atoms with E-state index in [9.17, 15) is 0 Å². The van der Waals surface area contributed by atoms with Crippen LogP contribution in [0.25, 0.3) is 10.9 Å². The Morgan fingerprint density at radius 2 is 2.06 bits per heavy atom. The molecule has 2 N–H and O–H groups in total. The Balaban J connectivity index is 1.72. The van der Waals surface area contributed by atoms with Crippen LogP contribution in [0.5, 0.6) is 0 Å². The Hall–Kier alpha value is -1.28. The lowest BCUT2D eigenvalue weighted by atomic mass is 9.95. The van der Waals surface area contributed by atoms with Crippen molar-refractivity contribution in [2.24, 2.45) is 0 Å². The summed E-state index contributed by atoms with van der Waals surface area (Å²) in [5.41, 5.74) is 3.99. The maximum atomic E-state index is 3.72. The average molecular weight is 242 g/mol. The number of fused-ring (bicyclic) bond motifs is 1. The smallest absolute Gasteiger partial charge is 0.0457 e. The first-order valence-corrected chi connectivity index (χ1v) is 7.13. The Bertz CT molecular complexity index is 521. The zero-order valence-corrected chi connectivity index (χ0v) is 11.1. The molecule has 1 saturated carbocycles. The minimum absolute atomic E-state index is 0.730. The van der Waals surface area contributed by atoms with E-state index in [4.69, 9.17) is 0 Å². The van der Waals surface area contributed by atoms with Crippen LogP contribution in [0.2, 0.25) is 0 Å². The average Bonchev–Trinajstić information content (AvgIpc) is 2.80. The van der Waals surface area contributed by atoms with Crippen LogP contribution in [0, 0.1) is 6.92 Å². The number of hydrogen-bond donors (Lipinski definition) is 2. The van der Waals surface area contributed by atoms with Gasteiger partial charge in [-0.25, -0.2) is 0 Å². The van der Waals surface area contributed by atoms with E-state index in [1.807, 2.05) is 0 Å². The van der Waals surface area contributed by atoms with Gasteiger partial charge in [0.25, 0.3) is 0 Å². The van der Waals surface area contributed by atoms with E-state index in [1.54, 1.807) is 0 Å². The summed E-state index contributed by atoms with van der Waals surface area (Å²) in [6.07, 6.45) is 9.06. The monoisotopic (exact) mass is 242 g/mol. The second-order valence-electron chi connectivity index (χ2n) is 5.58. The van der Waals surface area contributed by atoms with Crippen molar-refractivity contribution < 1.29 is 0 Å². The predicted molar refractivity (Wildman–Crippen MR) is 76.7 cm³/mol. The van der Waals surface area contributed by atoms with Gasteiger partial charge in [0.15, 0.2) is 0 Å². The van der Waals surface area contributed by atoms with Gasteiger partial charge in [-0.1, -0.05) is 30.9 Å². The summed E-state index contributed by atoms with van der Waals surface area (Å²) in [4.78, 5) is 3.36. The summed E-state index contributed by atoms with van der Waals surface area (Å²) in [6, 6.07) is 7.35. The van der Waals surface area contributed by atoms with Gasteiger partial charge in [0.2, 0.25) is 0 Å². The van der Waals surface area contributed by atoms with E-state index < -0.39 is 0 Å². The fraction of sp³-hybridized carbons (Fsp3) is 0.500. The zero-order chi connectivity index (χ0) is 12.4. The van der Waals surface area contributed by atoms with Crippen LogP contribution >= 0.6 is 0 Å². The van der Waals surface area contributed by atoms with Crippen molar-refractivity contribution >= 4 is 10.9 Å². The van der Waals surface area contributed by atoms with Crippen LogP contribution in [-0.2, 0) is 6.54 Å². The molecule has 2 aromatic rings. The predicted octanol–water partition coefficient (Wildman–Crippen LogP) is 3.90. The van der Waals surface area contributed by atoms with Crippen molar-refractivity contribution in [3.63, 3.8) is 0 Å². The molecule has 0 aliphatic heterocycles. The highest BCUT2D eigenvalue weighted by Crippen LogP contribution is 2.21. The van der Waals surface area contributed by atoms with Crippen LogP contribution in [0.3, 0.4) is 0 Å². The molecule has 0 amide bonds. The van der Waals surface area contributed by atoms with Crippen molar-refractivity contribution in [2.75, 3.05) is 0 Å². The van der Waals surface area contributed by atoms with Crippen molar-refractivity contribution in [3.8, 4) is 0 Å². The maximum absolute atomic E-state index is 3.72. The minimum atomic E-state index is 0.730. The highest BCUT2D eigenvalue weighted by molar-refractivity contribution is 5.83. The van der Waals surface area contributed by atoms with Crippen molar-refractivity contribution in [3.05, 3.63) is 35.5 Å². The Morgan fingerprint density at radius 3 is 2.89 bits per heavy atom. The molecule has 1 fully saturated rings. The number of nitrogens with one attached hydrogen (secondary N) is 2. The summed E-state index contributed by atoms with van der Waals surface area (Å²) < 4.78 is 0. The second-order valence-corrected chi connectivity index (χ2v) is 5.58. The molecule has 2 nitrogen and oxygen atoms in total. The molecule has 0 saturated heterocycles. The number of aryl methyl sites for hydroxylation is 1. The summed E-state index contributed by atoms with van der Waals surface area (Å²) in [5, 5.41) is 5.09. The number of benzene rings is 1. The van der Waals surface area contributed by atoms with Crippen molar-refractivity contribution in [1.29, 1.82) is 0 Å². The van der Waals surface area contributed by atoms with Gasteiger partial charge in [-0.15, -0.1) is 0 Å². The molecule has 1 aromatic heterocycles. The first-order chi connectivity index (χ1) is 8.83. The molecule has 1 aliphatic rings. The third-order valence-electron chi connectivity index (χ3n) is 4.11. The van der Waals surface area contributed by atoms with E-state index >= 15 is 0 Å². The standard InChI is InChI=1S/C16H22N2/c1-12-7-8-16-15(9-12)13(11-18-16)10-17-14-5-3-2-4-6-14/h7-9,11,14,17-18H,2-6,10H2,1H3. The normalized spacial score (nSPS) is 17.4. The topological polar surface area (TPSA) is 27.8 Å². The molecular formula is C16H22N2. The van der Waals surface area contributed by atoms with Gasteiger partial charge < -0.3 is 10.3 Å². The van der Waals surface area contributed by atoms with Crippen LogP contribution < -0.4 is 5.32 Å². The Labute approximate surface area is 109 Å². The van der Waals surface area contributed by atoms with Gasteiger partial charge in [0.1, 0.15) is 0 Å². The molecule has 0 bridgehead atoms. The first-order valence-electron chi connectivity index (χ1n) is 7.13. The Kier molecular flexibility index (Phi) is 3.37. The number of aromatic nitrogens is 1. The summed E-state index contributed by atoms with van der Waals surface area (Å²) >= 11 is 0. The molecule has 2 heteroatoms. The third-order valence-corrected chi connectivity index (χ3v) is 4.11. The molecule has 96 valence electrons. The maximum Gasteiger partial charge on any atom is 0.0457 e. The highest BCUT2D eigenvalue weighted by Gasteiger charge is 2.13. The van der Waals surface area contributed by atoms with E-state index in [0.717, 1.165) is 12.6 Å². The molecule has 0 atom stereocenters. The minimum Gasteiger partial charge on any atom is -0.361 e. The van der Waals surface area contributed by atoms with Crippen molar-refractivity contribution in [1.82, 2.24) is 10.3 Å².